The monoisotopic (exact) mass is 388 g/mol. The number of nitrogens with one attached hydrogen (secondary N) is 1. The number of rotatable bonds is 6. The Morgan fingerprint density at radius 1 is 1.08 bits per heavy atom. The number of nitrogens with zero attached hydrogens (tertiary/aromatic N) is 1. The van der Waals surface area contributed by atoms with Gasteiger partial charge in [0.1, 0.15) is 17.3 Å². The van der Waals surface area contributed by atoms with Crippen molar-refractivity contribution in [2.45, 2.75) is 0 Å². The van der Waals surface area contributed by atoms with Gasteiger partial charge in [0.25, 0.3) is 5.91 Å². The largest absolute Gasteiger partial charge is 0.482 e. The van der Waals surface area contributed by atoms with Crippen LogP contribution < -0.4 is 10.2 Å². The van der Waals surface area contributed by atoms with Crippen LogP contribution in [-0.2, 0) is 4.79 Å². The van der Waals surface area contributed by atoms with E-state index in [1.165, 1.54) is 6.21 Å². The van der Waals surface area contributed by atoms with E-state index in [1.54, 1.807) is 42.5 Å². The minimum absolute atomic E-state index is 0.199. The summed E-state index contributed by atoms with van der Waals surface area (Å²) in [5, 5.41) is 4.94. The highest BCUT2D eigenvalue weighted by atomic mass is 35.5. The molecule has 0 radical (unpaired) electrons. The quantitative estimate of drug-likeness (QED) is 0.487. The van der Waals surface area contributed by atoms with Crippen molar-refractivity contribution in [1.82, 2.24) is 5.43 Å². The lowest BCUT2D eigenvalue weighted by molar-refractivity contribution is -0.123. The maximum atomic E-state index is 11.7. The Kier molecular flexibility index (Phi) is 5.94. The summed E-state index contributed by atoms with van der Waals surface area (Å²) >= 11 is 11.8. The number of carbonyl (C=O) groups excluding carboxylic acids is 1. The molecule has 0 saturated carbocycles. The molecule has 132 valence electrons. The Labute approximate surface area is 160 Å². The standard InChI is InChI=1S/C19H14Cl2N2O3/c20-14-7-5-13(6-8-14)17-10-9-15(26-17)11-22-23-19(24)12-25-18-4-2-1-3-16(18)21/h1-11H,12H2,(H,23,24)/b22-11+. The van der Waals surface area contributed by atoms with Crippen LogP contribution in [-0.4, -0.2) is 18.7 Å². The van der Waals surface area contributed by atoms with Gasteiger partial charge in [-0.05, 0) is 48.5 Å². The van der Waals surface area contributed by atoms with E-state index in [-0.39, 0.29) is 6.61 Å². The predicted molar refractivity (Wildman–Crippen MR) is 102 cm³/mol. The highest BCUT2D eigenvalue weighted by molar-refractivity contribution is 6.32. The van der Waals surface area contributed by atoms with Gasteiger partial charge in [0.05, 0.1) is 11.2 Å². The zero-order valence-electron chi connectivity index (χ0n) is 13.5. The van der Waals surface area contributed by atoms with E-state index in [0.29, 0.717) is 27.3 Å². The van der Waals surface area contributed by atoms with Gasteiger partial charge in [-0.2, -0.15) is 5.10 Å². The van der Waals surface area contributed by atoms with Gasteiger partial charge < -0.3 is 9.15 Å². The smallest absolute Gasteiger partial charge is 0.277 e. The molecule has 0 aliphatic heterocycles. The number of hydrogen-bond donors (Lipinski definition) is 1. The first-order chi connectivity index (χ1) is 12.6. The van der Waals surface area contributed by atoms with E-state index >= 15 is 0 Å². The van der Waals surface area contributed by atoms with Crippen molar-refractivity contribution in [3.05, 3.63) is 76.5 Å². The molecule has 0 saturated heterocycles. The second-order valence-corrected chi connectivity index (χ2v) is 6.06. The molecule has 0 atom stereocenters. The third-order valence-corrected chi connectivity index (χ3v) is 3.90. The molecule has 1 aromatic heterocycles. The number of benzene rings is 2. The Hall–Kier alpha value is -2.76. The van der Waals surface area contributed by atoms with Crippen LogP contribution in [0.1, 0.15) is 5.76 Å². The molecular weight excluding hydrogens is 375 g/mol. The second kappa shape index (κ2) is 8.56. The molecule has 0 unspecified atom stereocenters. The zero-order chi connectivity index (χ0) is 18.4. The molecule has 0 fully saturated rings. The molecule has 3 aromatic rings. The fourth-order valence-corrected chi connectivity index (χ4v) is 2.41. The van der Waals surface area contributed by atoms with Crippen molar-refractivity contribution in [3.63, 3.8) is 0 Å². The molecule has 0 aliphatic rings. The molecule has 1 N–H and O–H groups in total. The number of carbonyl (C=O) groups is 1. The van der Waals surface area contributed by atoms with Gasteiger partial charge in [-0.25, -0.2) is 5.43 Å². The Morgan fingerprint density at radius 3 is 2.62 bits per heavy atom. The number of para-hydroxylation sites is 1. The highest BCUT2D eigenvalue weighted by Crippen LogP contribution is 2.24. The van der Waals surface area contributed by atoms with Crippen LogP contribution in [0, 0.1) is 0 Å². The fourth-order valence-electron chi connectivity index (χ4n) is 2.10. The maximum Gasteiger partial charge on any atom is 0.277 e. The SMILES string of the molecule is O=C(COc1ccccc1Cl)N/N=C/c1ccc(-c2ccc(Cl)cc2)o1. The summed E-state index contributed by atoms with van der Waals surface area (Å²) in [5.41, 5.74) is 3.26. The summed E-state index contributed by atoms with van der Waals surface area (Å²) in [6.45, 7) is -0.199. The second-order valence-electron chi connectivity index (χ2n) is 5.22. The van der Waals surface area contributed by atoms with Gasteiger partial charge >= 0.3 is 0 Å². The van der Waals surface area contributed by atoms with Gasteiger partial charge in [0, 0.05) is 10.6 Å². The molecule has 5 nitrogen and oxygen atoms in total. The molecule has 0 bridgehead atoms. The highest BCUT2D eigenvalue weighted by Gasteiger charge is 2.05. The van der Waals surface area contributed by atoms with E-state index in [4.69, 9.17) is 32.4 Å². The average Bonchev–Trinajstić information content (AvgIpc) is 3.10. The lowest BCUT2D eigenvalue weighted by atomic mass is 10.2. The number of furan rings is 1. The minimum atomic E-state index is -0.411. The van der Waals surface area contributed by atoms with E-state index in [9.17, 15) is 4.79 Å². The normalized spacial score (nSPS) is 10.8. The Morgan fingerprint density at radius 2 is 1.85 bits per heavy atom. The van der Waals surface area contributed by atoms with Crippen molar-refractivity contribution in [2.24, 2.45) is 5.10 Å². The molecule has 0 aliphatic carbocycles. The van der Waals surface area contributed by atoms with E-state index in [1.807, 2.05) is 18.2 Å². The van der Waals surface area contributed by atoms with Crippen molar-refractivity contribution in [1.29, 1.82) is 0 Å². The summed E-state index contributed by atoms with van der Waals surface area (Å²) in [6.07, 6.45) is 1.41. The van der Waals surface area contributed by atoms with Gasteiger partial charge in [0.15, 0.2) is 6.61 Å². The van der Waals surface area contributed by atoms with Gasteiger partial charge in [0.2, 0.25) is 0 Å². The number of hydrogen-bond acceptors (Lipinski definition) is 4. The first kappa shape index (κ1) is 18.0. The summed E-state index contributed by atoms with van der Waals surface area (Å²) in [4.78, 5) is 11.7. The van der Waals surface area contributed by atoms with E-state index in [2.05, 4.69) is 10.5 Å². The van der Waals surface area contributed by atoms with Crippen LogP contribution >= 0.6 is 23.2 Å². The first-order valence-electron chi connectivity index (χ1n) is 7.67. The number of hydrazone groups is 1. The lowest BCUT2D eigenvalue weighted by Crippen LogP contribution is -2.24. The van der Waals surface area contributed by atoms with Crippen molar-refractivity contribution in [2.75, 3.05) is 6.61 Å². The van der Waals surface area contributed by atoms with Crippen LogP contribution in [0.2, 0.25) is 10.0 Å². The van der Waals surface area contributed by atoms with Gasteiger partial charge in [-0.1, -0.05) is 35.3 Å². The summed E-state index contributed by atoms with van der Waals surface area (Å²) in [5.74, 6) is 1.20. The van der Waals surface area contributed by atoms with Crippen LogP contribution in [0.5, 0.6) is 5.75 Å². The molecule has 1 amide bonds. The van der Waals surface area contributed by atoms with Crippen LogP contribution in [0.25, 0.3) is 11.3 Å². The molecule has 26 heavy (non-hydrogen) atoms. The fraction of sp³-hybridized carbons (Fsp3) is 0.0526. The first-order valence-corrected chi connectivity index (χ1v) is 8.42. The molecule has 3 rings (SSSR count). The predicted octanol–water partition coefficient (Wildman–Crippen LogP) is 4.78. The lowest BCUT2D eigenvalue weighted by Gasteiger charge is -2.06. The van der Waals surface area contributed by atoms with Gasteiger partial charge in [-0.15, -0.1) is 0 Å². The van der Waals surface area contributed by atoms with Gasteiger partial charge in [-0.3, -0.25) is 4.79 Å². The molecule has 1 heterocycles. The average molecular weight is 389 g/mol. The molecule has 0 spiro atoms. The van der Waals surface area contributed by atoms with Crippen LogP contribution in [0.4, 0.5) is 0 Å². The molecular formula is C19H14Cl2N2O3. The summed E-state index contributed by atoms with van der Waals surface area (Å²) in [6, 6.07) is 17.8. The van der Waals surface area contributed by atoms with E-state index in [0.717, 1.165) is 5.56 Å². The third kappa shape index (κ3) is 4.88. The Bertz CT molecular complexity index is 921. The number of halogens is 2. The van der Waals surface area contributed by atoms with Crippen molar-refractivity contribution in [3.8, 4) is 17.1 Å². The number of ether oxygens (including phenoxy) is 1. The minimum Gasteiger partial charge on any atom is -0.482 e. The third-order valence-electron chi connectivity index (χ3n) is 3.33. The maximum absolute atomic E-state index is 11.7. The number of amides is 1. The van der Waals surface area contributed by atoms with Crippen LogP contribution in [0.3, 0.4) is 0 Å². The van der Waals surface area contributed by atoms with Crippen molar-refractivity contribution < 1.29 is 13.9 Å². The topological polar surface area (TPSA) is 63.8 Å². The van der Waals surface area contributed by atoms with Crippen LogP contribution in [0.15, 0.2) is 70.2 Å². The molecule has 7 heteroatoms. The Balaban J connectivity index is 1.51. The van der Waals surface area contributed by atoms with E-state index < -0.39 is 5.91 Å². The van der Waals surface area contributed by atoms with Crippen molar-refractivity contribution >= 4 is 35.3 Å². The zero-order valence-corrected chi connectivity index (χ0v) is 15.0. The summed E-state index contributed by atoms with van der Waals surface area (Å²) in [7, 11) is 0. The summed E-state index contributed by atoms with van der Waals surface area (Å²) < 4.78 is 11.0. The molecule has 2 aromatic carbocycles.